The molecular formula is C28H30ClFN2O. The number of benzene rings is 2. The Balaban J connectivity index is 1.33. The molecule has 33 heavy (non-hydrogen) atoms. The van der Waals surface area contributed by atoms with Crippen molar-refractivity contribution < 1.29 is 9.18 Å². The van der Waals surface area contributed by atoms with Gasteiger partial charge >= 0.3 is 0 Å². The van der Waals surface area contributed by atoms with Crippen molar-refractivity contribution in [3.8, 4) is 0 Å². The van der Waals surface area contributed by atoms with Gasteiger partial charge in [0.05, 0.1) is 5.52 Å². The van der Waals surface area contributed by atoms with E-state index in [1.54, 1.807) is 24.3 Å². The Labute approximate surface area is 199 Å². The molecule has 0 aliphatic heterocycles. The van der Waals surface area contributed by atoms with Crippen molar-refractivity contribution in [1.82, 2.24) is 4.98 Å². The Bertz CT molecular complexity index is 1190. The minimum absolute atomic E-state index is 0.0609. The monoisotopic (exact) mass is 464 g/mol. The number of rotatable bonds is 4. The average molecular weight is 465 g/mol. The van der Waals surface area contributed by atoms with Gasteiger partial charge in [-0.15, -0.1) is 0 Å². The summed E-state index contributed by atoms with van der Waals surface area (Å²) >= 11 is 5.96. The minimum Gasteiger partial charge on any atom is -0.326 e. The molecule has 0 spiro atoms. The molecule has 3 nitrogen and oxygen atoms in total. The molecule has 1 heterocycles. The number of aromatic nitrogens is 1. The topological polar surface area (TPSA) is 42.0 Å². The molecule has 2 saturated carbocycles. The molecule has 2 aliphatic carbocycles. The predicted molar refractivity (Wildman–Crippen MR) is 132 cm³/mol. The van der Waals surface area contributed by atoms with Gasteiger partial charge in [-0.3, -0.25) is 9.78 Å². The zero-order chi connectivity index (χ0) is 23.4. The number of carbonyl (C=O) groups is 1. The van der Waals surface area contributed by atoms with Crippen LogP contribution >= 0.6 is 11.6 Å². The summed E-state index contributed by atoms with van der Waals surface area (Å²) in [5, 5.41) is 4.65. The molecule has 1 N–H and O–H groups in total. The number of nitrogens with one attached hydrogen (secondary N) is 1. The van der Waals surface area contributed by atoms with Crippen LogP contribution in [0.1, 0.15) is 57.9 Å². The third kappa shape index (κ3) is 3.93. The molecule has 0 saturated heterocycles. The highest BCUT2D eigenvalue weighted by Gasteiger charge is 2.59. The van der Waals surface area contributed by atoms with Gasteiger partial charge in [-0.05, 0) is 102 Å². The normalized spacial score (nSPS) is 29.7. The molecule has 0 bridgehead atoms. The Hall–Kier alpha value is -2.46. The summed E-state index contributed by atoms with van der Waals surface area (Å²) in [6.07, 6.45) is 6.03. The molecule has 172 valence electrons. The van der Waals surface area contributed by atoms with Crippen molar-refractivity contribution in [2.45, 2.75) is 52.4 Å². The molecular weight excluding hydrogens is 435 g/mol. The highest BCUT2D eigenvalue weighted by Crippen LogP contribution is 2.68. The summed E-state index contributed by atoms with van der Waals surface area (Å²) in [6, 6.07) is 14.2. The van der Waals surface area contributed by atoms with Crippen molar-refractivity contribution in [3.05, 3.63) is 71.1 Å². The summed E-state index contributed by atoms with van der Waals surface area (Å²) in [5.74, 6) is 0.523. The highest BCUT2D eigenvalue weighted by atomic mass is 35.5. The second-order valence-corrected chi connectivity index (χ2v) is 11.2. The highest BCUT2D eigenvalue weighted by molar-refractivity contribution is 6.30. The Morgan fingerprint density at radius 3 is 2.39 bits per heavy atom. The van der Waals surface area contributed by atoms with Crippen LogP contribution in [0.3, 0.4) is 0 Å². The third-order valence-electron chi connectivity index (χ3n) is 8.69. The lowest BCUT2D eigenvalue weighted by atomic mass is 9.71. The van der Waals surface area contributed by atoms with E-state index in [1.165, 1.54) is 11.6 Å². The van der Waals surface area contributed by atoms with Crippen molar-refractivity contribution in [3.63, 3.8) is 0 Å². The molecule has 5 heteroatoms. The van der Waals surface area contributed by atoms with Crippen LogP contribution in [0.4, 0.5) is 10.1 Å². The zero-order valence-electron chi connectivity index (χ0n) is 19.4. The van der Waals surface area contributed by atoms with Crippen LogP contribution in [0, 0.1) is 28.5 Å². The van der Waals surface area contributed by atoms with E-state index in [0.29, 0.717) is 16.9 Å². The summed E-state index contributed by atoms with van der Waals surface area (Å²) in [4.78, 5) is 17.4. The van der Waals surface area contributed by atoms with Gasteiger partial charge in [0.15, 0.2) is 0 Å². The standard InChI is InChI=1S/C28H30ClFN2O/c1-17(26(33)32-22-7-4-20(29)5-8-22)18-13-27(2)15-19(16-28(27,3)14-18)23-10-11-31-25-9-6-21(30)12-24(23)25/h4-12,17-19H,13-16H2,1-3H3,(H,32,33)/t17?,18-,19-,27+,28-. The fourth-order valence-electron chi connectivity index (χ4n) is 6.61. The van der Waals surface area contributed by atoms with Gasteiger partial charge in [0.25, 0.3) is 0 Å². The Kier molecular flexibility index (Phi) is 5.48. The first kappa shape index (κ1) is 22.3. The lowest BCUT2D eigenvalue weighted by Crippen LogP contribution is -2.27. The molecule has 1 unspecified atom stereocenters. The first-order valence-electron chi connectivity index (χ1n) is 11.8. The maximum Gasteiger partial charge on any atom is 0.227 e. The fraction of sp³-hybridized carbons (Fsp3) is 0.429. The van der Waals surface area contributed by atoms with Gasteiger partial charge in [0, 0.05) is 28.2 Å². The summed E-state index contributed by atoms with van der Waals surface area (Å²) < 4.78 is 14.0. The number of anilines is 1. The number of carbonyl (C=O) groups excluding carboxylic acids is 1. The van der Waals surface area contributed by atoms with Gasteiger partial charge in [-0.25, -0.2) is 4.39 Å². The molecule has 2 fully saturated rings. The van der Waals surface area contributed by atoms with Crippen LogP contribution < -0.4 is 5.32 Å². The lowest BCUT2D eigenvalue weighted by Gasteiger charge is -2.34. The van der Waals surface area contributed by atoms with Crippen LogP contribution in [0.2, 0.25) is 5.02 Å². The first-order valence-corrected chi connectivity index (χ1v) is 12.2. The van der Waals surface area contributed by atoms with Crippen LogP contribution in [0.15, 0.2) is 54.7 Å². The SMILES string of the molecule is CC(C(=O)Nc1ccc(Cl)cc1)[C@H]1C[C@]2(C)C[C@H](c3ccnc4ccc(F)cc34)C[C@]2(C)C1. The molecule has 5 atom stereocenters. The van der Waals surface area contributed by atoms with Gasteiger partial charge in [0.1, 0.15) is 5.82 Å². The minimum atomic E-state index is -0.215. The van der Waals surface area contributed by atoms with E-state index in [2.05, 4.69) is 37.1 Å². The molecule has 1 amide bonds. The Morgan fingerprint density at radius 2 is 1.73 bits per heavy atom. The van der Waals surface area contributed by atoms with Crippen molar-refractivity contribution in [2.24, 2.45) is 22.7 Å². The first-order chi connectivity index (χ1) is 15.7. The van der Waals surface area contributed by atoms with E-state index in [1.807, 2.05) is 18.3 Å². The van der Waals surface area contributed by atoms with Gasteiger partial charge in [-0.1, -0.05) is 32.4 Å². The molecule has 3 aromatic rings. The number of hydrogen-bond acceptors (Lipinski definition) is 2. The van der Waals surface area contributed by atoms with Crippen molar-refractivity contribution in [1.29, 1.82) is 0 Å². The second kappa shape index (κ2) is 8.09. The van der Waals surface area contributed by atoms with Crippen LogP contribution in [0.25, 0.3) is 10.9 Å². The molecule has 0 radical (unpaired) electrons. The molecule has 2 aromatic carbocycles. The van der Waals surface area contributed by atoms with Crippen molar-refractivity contribution >= 4 is 34.1 Å². The average Bonchev–Trinajstić information content (AvgIpc) is 3.18. The summed E-state index contributed by atoms with van der Waals surface area (Å²) in [6.45, 7) is 6.84. The van der Waals surface area contributed by atoms with Crippen LogP contribution in [0.5, 0.6) is 0 Å². The quantitative estimate of drug-likeness (QED) is 0.431. The number of hydrogen-bond donors (Lipinski definition) is 1. The van der Waals surface area contributed by atoms with Crippen molar-refractivity contribution in [2.75, 3.05) is 5.32 Å². The lowest BCUT2D eigenvalue weighted by molar-refractivity contribution is -0.121. The van der Waals surface area contributed by atoms with Gasteiger partial charge in [0.2, 0.25) is 5.91 Å². The van der Waals surface area contributed by atoms with Gasteiger partial charge < -0.3 is 5.32 Å². The van der Waals surface area contributed by atoms with Crippen LogP contribution in [-0.2, 0) is 4.79 Å². The molecule has 1 aromatic heterocycles. The third-order valence-corrected chi connectivity index (χ3v) is 8.94. The maximum absolute atomic E-state index is 14.0. The van der Waals surface area contributed by atoms with E-state index < -0.39 is 0 Å². The maximum atomic E-state index is 14.0. The number of pyridine rings is 1. The predicted octanol–water partition coefficient (Wildman–Crippen LogP) is 7.60. The second-order valence-electron chi connectivity index (χ2n) is 10.7. The Morgan fingerprint density at radius 1 is 1.06 bits per heavy atom. The van der Waals surface area contributed by atoms with Crippen LogP contribution in [-0.4, -0.2) is 10.9 Å². The molecule has 2 aliphatic rings. The van der Waals surface area contributed by atoms with E-state index in [0.717, 1.165) is 42.3 Å². The zero-order valence-corrected chi connectivity index (χ0v) is 20.1. The number of amides is 1. The molecule has 5 rings (SSSR count). The fourth-order valence-corrected chi connectivity index (χ4v) is 6.74. The largest absolute Gasteiger partial charge is 0.326 e. The van der Waals surface area contributed by atoms with Gasteiger partial charge in [-0.2, -0.15) is 0 Å². The number of nitrogens with zero attached hydrogens (tertiary/aromatic N) is 1. The van der Waals surface area contributed by atoms with E-state index in [4.69, 9.17) is 11.6 Å². The van der Waals surface area contributed by atoms with E-state index >= 15 is 0 Å². The van der Waals surface area contributed by atoms with E-state index in [-0.39, 0.29) is 28.5 Å². The summed E-state index contributed by atoms with van der Waals surface area (Å²) in [7, 11) is 0. The number of fused-ring (bicyclic) bond motifs is 2. The smallest absolute Gasteiger partial charge is 0.227 e. The van der Waals surface area contributed by atoms with E-state index in [9.17, 15) is 9.18 Å². The number of halogens is 2. The summed E-state index contributed by atoms with van der Waals surface area (Å²) in [5.41, 5.74) is 3.15.